The van der Waals surface area contributed by atoms with Gasteiger partial charge in [0.1, 0.15) is 5.75 Å². The molecule has 0 saturated carbocycles. The van der Waals surface area contributed by atoms with Crippen LogP contribution < -0.4 is 10.5 Å². The Kier molecular flexibility index (Phi) is 4.37. The van der Waals surface area contributed by atoms with Crippen LogP contribution in [0.5, 0.6) is 5.75 Å². The molecule has 0 amide bonds. The van der Waals surface area contributed by atoms with Gasteiger partial charge in [0.15, 0.2) is 0 Å². The monoisotopic (exact) mass is 287 g/mol. The molecule has 21 heavy (non-hydrogen) atoms. The average molecular weight is 287 g/mol. The van der Waals surface area contributed by atoms with Gasteiger partial charge in [-0.15, -0.1) is 0 Å². The van der Waals surface area contributed by atoms with Crippen molar-refractivity contribution in [3.05, 3.63) is 46.8 Å². The molecule has 4 heteroatoms. The maximum absolute atomic E-state index is 6.03. The zero-order valence-electron chi connectivity index (χ0n) is 13.5. The summed E-state index contributed by atoms with van der Waals surface area (Å²) < 4.78 is 5.49. The highest BCUT2D eigenvalue weighted by Gasteiger charge is 2.23. The molecule has 0 bridgehead atoms. The number of aromatic amines is 1. The number of hydrogen-bond acceptors (Lipinski definition) is 3. The predicted molar refractivity (Wildman–Crippen MR) is 85.9 cm³/mol. The lowest BCUT2D eigenvalue weighted by Crippen LogP contribution is -2.15. The lowest BCUT2D eigenvalue weighted by atomic mass is 9.89. The normalized spacial score (nSPS) is 13.2. The highest BCUT2D eigenvalue weighted by atomic mass is 16.5. The molecule has 0 saturated heterocycles. The lowest BCUT2D eigenvalue weighted by molar-refractivity contribution is 0.407. The second kappa shape index (κ2) is 5.90. The summed E-state index contributed by atoms with van der Waals surface area (Å²) in [5, 5.41) is 7.59. The van der Waals surface area contributed by atoms with E-state index in [0.717, 1.165) is 22.7 Å². The van der Waals surface area contributed by atoms with Crippen LogP contribution in [-0.4, -0.2) is 23.9 Å². The summed E-state index contributed by atoms with van der Waals surface area (Å²) in [5.74, 6) is 0.923. The smallest absolute Gasteiger partial charge is 0.122 e. The molecule has 1 aromatic heterocycles. The number of aromatic nitrogens is 2. The van der Waals surface area contributed by atoms with Crippen molar-refractivity contribution in [3.8, 4) is 5.75 Å². The molecule has 0 spiro atoms. The van der Waals surface area contributed by atoms with Crippen LogP contribution in [0.4, 0.5) is 0 Å². The van der Waals surface area contributed by atoms with Crippen LogP contribution in [0.2, 0.25) is 0 Å². The van der Waals surface area contributed by atoms with Gasteiger partial charge in [0.25, 0.3) is 0 Å². The van der Waals surface area contributed by atoms with E-state index in [1.807, 2.05) is 12.1 Å². The molecule has 4 nitrogen and oxygen atoms in total. The Bertz CT molecular complexity index is 611. The minimum Gasteiger partial charge on any atom is -0.496 e. The standard InChI is InChI=1S/C17H25N3O/c1-11-6-7-15(21-5)12(8-11)13(10-18)14-9-16(20-19-14)17(2,3)4/h6-9,13H,10,18H2,1-5H3,(H,19,20). The van der Waals surface area contributed by atoms with Crippen LogP contribution in [0.25, 0.3) is 0 Å². The molecule has 0 aliphatic heterocycles. The van der Waals surface area contributed by atoms with E-state index in [2.05, 4.69) is 50.0 Å². The first-order chi connectivity index (χ1) is 9.86. The fourth-order valence-corrected chi connectivity index (χ4v) is 2.45. The summed E-state index contributed by atoms with van der Waals surface area (Å²) in [6.45, 7) is 9.03. The second-order valence-corrected chi connectivity index (χ2v) is 6.49. The number of benzene rings is 1. The highest BCUT2D eigenvalue weighted by molar-refractivity contribution is 5.43. The SMILES string of the molecule is COc1ccc(C)cc1C(CN)c1cc(C(C)(C)C)n[nH]1. The van der Waals surface area contributed by atoms with E-state index >= 15 is 0 Å². The van der Waals surface area contributed by atoms with E-state index in [1.165, 1.54) is 5.56 Å². The number of ether oxygens (including phenoxy) is 1. The van der Waals surface area contributed by atoms with Crippen LogP contribution >= 0.6 is 0 Å². The highest BCUT2D eigenvalue weighted by Crippen LogP contribution is 2.32. The van der Waals surface area contributed by atoms with Gasteiger partial charge in [0, 0.05) is 29.1 Å². The quantitative estimate of drug-likeness (QED) is 0.908. The van der Waals surface area contributed by atoms with Crippen molar-refractivity contribution in [2.45, 2.75) is 39.0 Å². The van der Waals surface area contributed by atoms with Crippen molar-refractivity contribution in [3.63, 3.8) is 0 Å². The zero-order valence-corrected chi connectivity index (χ0v) is 13.5. The fraction of sp³-hybridized carbons (Fsp3) is 0.471. The Morgan fingerprint density at radius 3 is 2.52 bits per heavy atom. The molecule has 0 aliphatic carbocycles. The first kappa shape index (κ1) is 15.6. The first-order valence-electron chi connectivity index (χ1n) is 7.27. The molecule has 0 aliphatic rings. The zero-order chi connectivity index (χ0) is 15.6. The van der Waals surface area contributed by atoms with Gasteiger partial charge in [-0.2, -0.15) is 5.10 Å². The van der Waals surface area contributed by atoms with Crippen molar-refractivity contribution in [1.29, 1.82) is 0 Å². The van der Waals surface area contributed by atoms with Crippen molar-refractivity contribution < 1.29 is 4.74 Å². The first-order valence-corrected chi connectivity index (χ1v) is 7.27. The van der Waals surface area contributed by atoms with E-state index in [0.29, 0.717) is 6.54 Å². The maximum Gasteiger partial charge on any atom is 0.122 e. The summed E-state index contributed by atoms with van der Waals surface area (Å²) in [6, 6.07) is 8.28. The van der Waals surface area contributed by atoms with Gasteiger partial charge in [0.05, 0.1) is 12.8 Å². The van der Waals surface area contributed by atoms with Gasteiger partial charge >= 0.3 is 0 Å². The summed E-state index contributed by atoms with van der Waals surface area (Å²) in [4.78, 5) is 0. The van der Waals surface area contributed by atoms with Crippen molar-refractivity contribution >= 4 is 0 Å². The van der Waals surface area contributed by atoms with Crippen LogP contribution in [0.1, 0.15) is 49.2 Å². The Labute approximate surface area is 126 Å². The predicted octanol–water partition coefficient (Wildman–Crippen LogP) is 3.11. The van der Waals surface area contributed by atoms with Crippen molar-refractivity contribution in [2.24, 2.45) is 5.73 Å². The molecule has 1 atom stereocenters. The van der Waals surface area contributed by atoms with E-state index in [4.69, 9.17) is 10.5 Å². The molecule has 0 fully saturated rings. The van der Waals surface area contributed by atoms with Crippen LogP contribution in [-0.2, 0) is 5.41 Å². The number of rotatable bonds is 4. The largest absolute Gasteiger partial charge is 0.496 e. The van der Waals surface area contributed by atoms with E-state index in [1.54, 1.807) is 7.11 Å². The summed E-state index contributed by atoms with van der Waals surface area (Å²) >= 11 is 0. The number of nitrogens with two attached hydrogens (primary N) is 1. The van der Waals surface area contributed by atoms with Crippen LogP contribution in [0.15, 0.2) is 24.3 Å². The van der Waals surface area contributed by atoms with E-state index in [-0.39, 0.29) is 11.3 Å². The molecule has 114 valence electrons. The van der Waals surface area contributed by atoms with Gasteiger partial charge in [-0.1, -0.05) is 38.5 Å². The molecule has 0 radical (unpaired) electrons. The summed E-state index contributed by atoms with van der Waals surface area (Å²) in [7, 11) is 1.69. The van der Waals surface area contributed by atoms with Gasteiger partial charge in [-0.05, 0) is 19.1 Å². The number of hydrogen-bond donors (Lipinski definition) is 2. The van der Waals surface area contributed by atoms with Gasteiger partial charge in [-0.25, -0.2) is 0 Å². The summed E-state index contributed by atoms with van der Waals surface area (Å²) in [5.41, 5.74) is 10.4. The maximum atomic E-state index is 6.03. The Balaban J connectivity index is 2.45. The fourth-order valence-electron chi connectivity index (χ4n) is 2.45. The molecule has 1 unspecified atom stereocenters. The second-order valence-electron chi connectivity index (χ2n) is 6.49. The van der Waals surface area contributed by atoms with E-state index in [9.17, 15) is 0 Å². The van der Waals surface area contributed by atoms with Crippen LogP contribution in [0, 0.1) is 6.92 Å². The third-order valence-corrected chi connectivity index (χ3v) is 3.74. The topological polar surface area (TPSA) is 63.9 Å². The number of nitrogens with zero attached hydrogens (tertiary/aromatic N) is 1. The molecular weight excluding hydrogens is 262 g/mol. The third-order valence-electron chi connectivity index (χ3n) is 3.74. The molecule has 1 heterocycles. The number of methoxy groups -OCH3 is 1. The van der Waals surface area contributed by atoms with E-state index < -0.39 is 0 Å². The Hall–Kier alpha value is -1.81. The molecular formula is C17H25N3O. The third kappa shape index (κ3) is 3.27. The molecule has 1 aromatic carbocycles. The minimum absolute atomic E-state index is 0.0184. The Morgan fingerprint density at radius 2 is 2.00 bits per heavy atom. The average Bonchev–Trinajstić information content (AvgIpc) is 2.89. The molecule has 2 rings (SSSR count). The molecule has 2 aromatic rings. The number of aryl methyl sites for hydroxylation is 1. The van der Waals surface area contributed by atoms with Gasteiger partial charge in [0.2, 0.25) is 0 Å². The number of H-pyrrole nitrogens is 1. The Morgan fingerprint density at radius 1 is 1.29 bits per heavy atom. The lowest BCUT2D eigenvalue weighted by Gasteiger charge is -2.18. The number of nitrogens with one attached hydrogen (secondary N) is 1. The minimum atomic E-state index is 0.0184. The van der Waals surface area contributed by atoms with Crippen molar-refractivity contribution in [2.75, 3.05) is 13.7 Å². The summed E-state index contributed by atoms with van der Waals surface area (Å²) in [6.07, 6.45) is 0. The van der Waals surface area contributed by atoms with Crippen LogP contribution in [0.3, 0.4) is 0 Å². The van der Waals surface area contributed by atoms with Crippen molar-refractivity contribution in [1.82, 2.24) is 10.2 Å². The van der Waals surface area contributed by atoms with Gasteiger partial charge in [-0.3, -0.25) is 5.10 Å². The van der Waals surface area contributed by atoms with Gasteiger partial charge < -0.3 is 10.5 Å². The molecule has 3 N–H and O–H groups in total.